The lowest BCUT2D eigenvalue weighted by molar-refractivity contribution is 0.476. The summed E-state index contributed by atoms with van der Waals surface area (Å²) in [5.41, 5.74) is 6.16. The Morgan fingerprint density at radius 2 is 2.45 bits per heavy atom. The van der Waals surface area contributed by atoms with Crippen LogP contribution in [0.25, 0.3) is 10.2 Å². The highest BCUT2D eigenvalue weighted by Gasteiger charge is 2.00. The summed E-state index contributed by atoms with van der Waals surface area (Å²) in [6.45, 7) is 0. The molecule has 1 radical (unpaired) electrons. The molecule has 2 aromatic rings. The number of fused-ring (bicyclic) bond motifs is 1. The molecule has 0 atom stereocenters. The molecule has 0 unspecified atom stereocenters. The maximum atomic E-state index is 9.05. The van der Waals surface area contributed by atoms with E-state index >= 15 is 0 Å². The SMILES string of the molecule is Nc1nc2[c]cc(O)cc2s1. The van der Waals surface area contributed by atoms with Gasteiger partial charge in [-0.25, -0.2) is 4.98 Å². The second-order valence-electron chi connectivity index (χ2n) is 2.12. The molecule has 0 aliphatic carbocycles. The van der Waals surface area contributed by atoms with Crippen molar-refractivity contribution in [2.75, 3.05) is 5.73 Å². The van der Waals surface area contributed by atoms with Crippen molar-refractivity contribution >= 4 is 26.7 Å². The van der Waals surface area contributed by atoms with Crippen molar-refractivity contribution in [3.05, 3.63) is 18.2 Å². The quantitative estimate of drug-likeness (QED) is 0.620. The van der Waals surface area contributed by atoms with Gasteiger partial charge in [0.2, 0.25) is 0 Å². The number of aromatic hydroxyl groups is 1. The van der Waals surface area contributed by atoms with Crippen molar-refractivity contribution in [1.29, 1.82) is 0 Å². The zero-order valence-corrected chi connectivity index (χ0v) is 6.35. The summed E-state index contributed by atoms with van der Waals surface area (Å²) < 4.78 is 0.863. The molecule has 0 spiro atoms. The van der Waals surface area contributed by atoms with Crippen molar-refractivity contribution in [1.82, 2.24) is 4.98 Å². The van der Waals surface area contributed by atoms with Crippen molar-refractivity contribution in [3.8, 4) is 5.75 Å². The van der Waals surface area contributed by atoms with E-state index in [4.69, 9.17) is 10.8 Å². The van der Waals surface area contributed by atoms with Gasteiger partial charge in [0.1, 0.15) is 5.75 Å². The van der Waals surface area contributed by atoms with Gasteiger partial charge in [-0.1, -0.05) is 11.3 Å². The summed E-state index contributed by atoms with van der Waals surface area (Å²) in [7, 11) is 0. The number of thiazole rings is 1. The average Bonchev–Trinajstić information content (AvgIpc) is 2.27. The molecule has 1 aromatic heterocycles. The molecule has 55 valence electrons. The van der Waals surface area contributed by atoms with E-state index in [1.165, 1.54) is 17.4 Å². The maximum absolute atomic E-state index is 9.05. The number of aromatic nitrogens is 1. The fourth-order valence-electron chi connectivity index (χ4n) is 0.869. The number of anilines is 1. The highest BCUT2D eigenvalue weighted by molar-refractivity contribution is 7.22. The fraction of sp³-hybridized carbons (Fsp3) is 0. The van der Waals surface area contributed by atoms with Crippen molar-refractivity contribution in [2.24, 2.45) is 0 Å². The van der Waals surface area contributed by atoms with Gasteiger partial charge in [-0.2, -0.15) is 0 Å². The summed E-state index contributed by atoms with van der Waals surface area (Å²) in [5, 5.41) is 9.55. The Morgan fingerprint density at radius 3 is 3.27 bits per heavy atom. The third-order valence-electron chi connectivity index (χ3n) is 1.31. The molecule has 2 rings (SSSR count). The lowest BCUT2D eigenvalue weighted by Crippen LogP contribution is -1.78. The van der Waals surface area contributed by atoms with E-state index in [2.05, 4.69) is 11.1 Å². The van der Waals surface area contributed by atoms with E-state index in [0.717, 1.165) is 4.70 Å². The van der Waals surface area contributed by atoms with Crippen LogP contribution >= 0.6 is 11.3 Å². The zero-order valence-electron chi connectivity index (χ0n) is 5.53. The molecular weight excluding hydrogens is 160 g/mol. The molecule has 0 aliphatic rings. The predicted molar refractivity (Wildman–Crippen MR) is 44.5 cm³/mol. The van der Waals surface area contributed by atoms with Crippen LogP contribution in [0.1, 0.15) is 0 Å². The summed E-state index contributed by atoms with van der Waals surface area (Å²) >= 11 is 1.34. The first kappa shape index (κ1) is 6.42. The molecule has 4 heteroatoms. The van der Waals surface area contributed by atoms with Gasteiger partial charge >= 0.3 is 0 Å². The Kier molecular flexibility index (Phi) is 1.22. The molecule has 0 aliphatic heterocycles. The van der Waals surface area contributed by atoms with Gasteiger partial charge in [-0.3, -0.25) is 0 Å². The van der Waals surface area contributed by atoms with Crippen LogP contribution in [0, 0.1) is 6.07 Å². The highest BCUT2D eigenvalue weighted by Crippen LogP contribution is 2.26. The van der Waals surface area contributed by atoms with Crippen LogP contribution in [0.5, 0.6) is 5.75 Å². The normalized spacial score (nSPS) is 10.5. The summed E-state index contributed by atoms with van der Waals surface area (Å²) in [6, 6.07) is 5.91. The first-order chi connectivity index (χ1) is 5.25. The molecule has 1 heterocycles. The first-order valence-electron chi connectivity index (χ1n) is 3.02. The number of phenolic OH excluding ortho intramolecular Hbond substituents is 1. The van der Waals surface area contributed by atoms with E-state index in [-0.39, 0.29) is 5.75 Å². The second-order valence-corrected chi connectivity index (χ2v) is 3.19. The Bertz CT molecular complexity index is 396. The van der Waals surface area contributed by atoms with Crippen LogP contribution in [-0.2, 0) is 0 Å². The van der Waals surface area contributed by atoms with E-state index in [1.54, 1.807) is 6.07 Å². The van der Waals surface area contributed by atoms with Crippen LogP contribution < -0.4 is 5.73 Å². The highest BCUT2D eigenvalue weighted by atomic mass is 32.1. The van der Waals surface area contributed by atoms with Crippen LogP contribution in [-0.4, -0.2) is 10.1 Å². The number of hydrogen-bond donors (Lipinski definition) is 2. The maximum Gasteiger partial charge on any atom is 0.181 e. The minimum Gasteiger partial charge on any atom is -0.508 e. The Hall–Kier alpha value is -1.29. The largest absolute Gasteiger partial charge is 0.508 e. The first-order valence-corrected chi connectivity index (χ1v) is 3.84. The number of benzene rings is 1. The standard InChI is InChI=1S/C7H5N2OS/c8-7-9-5-2-1-4(10)3-6(5)11-7/h1,3,10H,(H2,8,9). The van der Waals surface area contributed by atoms with E-state index in [1.807, 2.05) is 0 Å². The summed E-state index contributed by atoms with van der Waals surface area (Å²) in [4.78, 5) is 3.98. The van der Waals surface area contributed by atoms with Crippen LogP contribution in [0.2, 0.25) is 0 Å². The van der Waals surface area contributed by atoms with Crippen LogP contribution in [0.15, 0.2) is 12.1 Å². The Labute approximate surface area is 67.1 Å². The minimum atomic E-state index is 0.196. The monoisotopic (exact) mass is 165 g/mol. The van der Waals surface area contributed by atoms with Crippen molar-refractivity contribution < 1.29 is 5.11 Å². The topological polar surface area (TPSA) is 59.1 Å². The van der Waals surface area contributed by atoms with Crippen molar-refractivity contribution in [2.45, 2.75) is 0 Å². The molecule has 3 N–H and O–H groups in total. The number of nitrogens with two attached hydrogens (primary N) is 1. The molecule has 0 amide bonds. The van der Waals surface area contributed by atoms with Crippen LogP contribution in [0.4, 0.5) is 5.13 Å². The third kappa shape index (κ3) is 1.01. The average molecular weight is 165 g/mol. The molecule has 0 saturated heterocycles. The van der Waals surface area contributed by atoms with Gasteiger partial charge in [0, 0.05) is 6.07 Å². The molecule has 0 bridgehead atoms. The number of nitrogens with zero attached hydrogens (tertiary/aromatic N) is 1. The second kappa shape index (κ2) is 2.10. The Balaban J connectivity index is 2.82. The van der Waals surface area contributed by atoms with Gasteiger partial charge in [-0.05, 0) is 12.1 Å². The summed E-state index contributed by atoms with van der Waals surface area (Å²) in [6.07, 6.45) is 0. The van der Waals surface area contributed by atoms with Gasteiger partial charge < -0.3 is 10.8 Å². The predicted octanol–water partition coefficient (Wildman–Crippen LogP) is 1.38. The van der Waals surface area contributed by atoms with Gasteiger partial charge in [-0.15, -0.1) is 0 Å². The lowest BCUT2D eigenvalue weighted by Gasteiger charge is -1.87. The molecule has 0 saturated carbocycles. The number of nitrogen functional groups attached to an aromatic ring is 1. The molecule has 11 heavy (non-hydrogen) atoms. The molecule has 0 fully saturated rings. The van der Waals surface area contributed by atoms with E-state index in [9.17, 15) is 0 Å². The zero-order chi connectivity index (χ0) is 7.84. The molecular formula is C7H5N2OS. The fourth-order valence-corrected chi connectivity index (χ4v) is 1.61. The lowest BCUT2D eigenvalue weighted by atomic mass is 10.3. The smallest absolute Gasteiger partial charge is 0.181 e. The molecule has 3 nitrogen and oxygen atoms in total. The van der Waals surface area contributed by atoms with Crippen LogP contribution in [0.3, 0.4) is 0 Å². The number of phenols is 1. The van der Waals surface area contributed by atoms with Gasteiger partial charge in [0.25, 0.3) is 0 Å². The minimum absolute atomic E-state index is 0.196. The van der Waals surface area contributed by atoms with E-state index < -0.39 is 0 Å². The Morgan fingerprint density at radius 1 is 1.64 bits per heavy atom. The van der Waals surface area contributed by atoms with Gasteiger partial charge in [0.15, 0.2) is 5.13 Å². The number of rotatable bonds is 0. The van der Waals surface area contributed by atoms with Gasteiger partial charge in [0.05, 0.1) is 10.2 Å². The molecule has 1 aromatic carbocycles. The summed E-state index contributed by atoms with van der Waals surface area (Å²) in [5.74, 6) is 0.196. The number of hydrogen-bond acceptors (Lipinski definition) is 4. The van der Waals surface area contributed by atoms with E-state index in [0.29, 0.717) is 10.6 Å². The van der Waals surface area contributed by atoms with Crippen molar-refractivity contribution in [3.63, 3.8) is 0 Å². The third-order valence-corrected chi connectivity index (χ3v) is 2.14.